The molecule has 0 aromatic rings. The molecule has 7 nitrogen and oxygen atoms in total. The average Bonchev–Trinajstić information content (AvgIpc) is 2.52. The van der Waals surface area contributed by atoms with Gasteiger partial charge in [-0.05, 0) is 19.3 Å². The number of carbonyl (C=O) groups excluding carboxylic acids is 1. The summed E-state index contributed by atoms with van der Waals surface area (Å²) in [6, 6.07) is -0.875. The molecule has 0 bridgehead atoms. The van der Waals surface area contributed by atoms with Gasteiger partial charge in [-0.15, -0.1) is 0 Å². The number of hydrogen-bond donors (Lipinski definition) is 5. The van der Waals surface area contributed by atoms with Gasteiger partial charge in [-0.25, -0.2) is 4.79 Å². The van der Waals surface area contributed by atoms with Gasteiger partial charge in [-0.3, -0.25) is 10.2 Å². The lowest BCUT2D eigenvalue weighted by Gasteiger charge is -2.14. The minimum absolute atomic E-state index is 0.138. The van der Waals surface area contributed by atoms with Crippen LogP contribution >= 0.6 is 0 Å². The minimum Gasteiger partial charge on any atom is -0.480 e. The second kappa shape index (κ2) is 14.8. The molecule has 0 saturated carbocycles. The van der Waals surface area contributed by atoms with Gasteiger partial charge in [0, 0.05) is 13.0 Å². The molecule has 0 saturated heterocycles. The first-order valence-electron chi connectivity index (χ1n) is 9.07. The Balaban J connectivity index is 3.75. The topological polar surface area (TPSA) is 128 Å². The summed E-state index contributed by atoms with van der Waals surface area (Å²) in [4.78, 5) is 23.0. The van der Waals surface area contributed by atoms with Crippen LogP contribution in [0.5, 0.6) is 0 Å². The number of rotatable bonds is 15. The van der Waals surface area contributed by atoms with Gasteiger partial charge in [0.2, 0.25) is 5.91 Å². The van der Waals surface area contributed by atoms with E-state index in [9.17, 15) is 9.59 Å². The maximum Gasteiger partial charge on any atom is 0.326 e. The van der Waals surface area contributed by atoms with Gasteiger partial charge >= 0.3 is 5.97 Å². The minimum atomic E-state index is -1.03. The van der Waals surface area contributed by atoms with Gasteiger partial charge in [0.25, 0.3) is 0 Å². The van der Waals surface area contributed by atoms with Crippen LogP contribution < -0.4 is 16.4 Å². The number of guanidine groups is 1. The zero-order valence-corrected chi connectivity index (χ0v) is 14.9. The van der Waals surface area contributed by atoms with Gasteiger partial charge in [-0.1, -0.05) is 51.9 Å². The smallest absolute Gasteiger partial charge is 0.326 e. The highest BCUT2D eigenvalue weighted by Crippen LogP contribution is 2.09. The van der Waals surface area contributed by atoms with Crippen LogP contribution in [-0.2, 0) is 9.59 Å². The Labute approximate surface area is 145 Å². The maximum absolute atomic E-state index is 11.8. The van der Waals surface area contributed by atoms with Crippen LogP contribution in [0.25, 0.3) is 0 Å². The molecule has 0 aliphatic rings. The Morgan fingerprint density at radius 2 is 1.62 bits per heavy atom. The molecule has 0 aromatic heterocycles. The maximum atomic E-state index is 11.8. The van der Waals surface area contributed by atoms with Crippen molar-refractivity contribution in [1.29, 1.82) is 5.41 Å². The summed E-state index contributed by atoms with van der Waals surface area (Å²) in [5, 5.41) is 21.3. The number of nitrogens with two attached hydrogens (primary N) is 1. The fraction of sp³-hybridized carbons (Fsp3) is 0.824. The summed E-state index contributed by atoms with van der Waals surface area (Å²) in [6.07, 6.45) is 10.5. The van der Waals surface area contributed by atoms with Crippen LogP contribution in [0.1, 0.15) is 77.6 Å². The number of carbonyl (C=O) groups is 2. The Bertz CT molecular complexity index is 375. The highest BCUT2D eigenvalue weighted by atomic mass is 16.4. The van der Waals surface area contributed by atoms with Crippen LogP contribution in [0.3, 0.4) is 0 Å². The first kappa shape index (κ1) is 22.2. The third kappa shape index (κ3) is 13.8. The molecule has 0 heterocycles. The van der Waals surface area contributed by atoms with E-state index in [4.69, 9.17) is 16.2 Å². The van der Waals surface area contributed by atoms with Gasteiger partial charge in [0.15, 0.2) is 5.96 Å². The predicted molar refractivity (Wildman–Crippen MR) is 95.9 cm³/mol. The van der Waals surface area contributed by atoms with Crippen molar-refractivity contribution in [1.82, 2.24) is 10.6 Å². The number of amides is 1. The number of carboxylic acids is 1. The van der Waals surface area contributed by atoms with E-state index in [1.54, 1.807) is 0 Å². The third-order valence-corrected chi connectivity index (χ3v) is 3.88. The fourth-order valence-electron chi connectivity index (χ4n) is 2.47. The van der Waals surface area contributed by atoms with Crippen molar-refractivity contribution in [2.45, 2.75) is 83.6 Å². The van der Waals surface area contributed by atoms with Crippen LogP contribution in [0.15, 0.2) is 0 Å². The molecule has 0 rings (SSSR count). The van der Waals surface area contributed by atoms with Crippen LogP contribution in [0.2, 0.25) is 0 Å². The normalized spacial score (nSPS) is 11.7. The fourth-order valence-corrected chi connectivity index (χ4v) is 2.47. The van der Waals surface area contributed by atoms with E-state index < -0.39 is 12.0 Å². The Kier molecular flexibility index (Phi) is 13.7. The molecule has 24 heavy (non-hydrogen) atoms. The van der Waals surface area contributed by atoms with E-state index in [-0.39, 0.29) is 11.9 Å². The van der Waals surface area contributed by atoms with E-state index >= 15 is 0 Å². The Morgan fingerprint density at radius 3 is 2.17 bits per heavy atom. The van der Waals surface area contributed by atoms with Crippen molar-refractivity contribution >= 4 is 17.8 Å². The molecular formula is C17H34N4O3. The summed E-state index contributed by atoms with van der Waals surface area (Å²) >= 11 is 0. The Hall–Kier alpha value is -1.79. The first-order chi connectivity index (χ1) is 11.5. The molecule has 6 N–H and O–H groups in total. The summed E-state index contributed by atoms with van der Waals surface area (Å²) in [5.74, 6) is -1.37. The SMILES string of the molecule is CCCCCCCCCCC(=O)NC(CCCNC(=N)N)C(=O)O. The highest BCUT2D eigenvalue weighted by molar-refractivity contribution is 5.83. The molecule has 0 aromatic carbocycles. The second-order valence-electron chi connectivity index (χ2n) is 6.17. The zero-order chi connectivity index (χ0) is 18.2. The molecule has 0 aliphatic heterocycles. The summed E-state index contributed by atoms with van der Waals surface area (Å²) in [7, 11) is 0. The van der Waals surface area contributed by atoms with E-state index in [2.05, 4.69) is 17.6 Å². The van der Waals surface area contributed by atoms with Crippen molar-refractivity contribution in [2.75, 3.05) is 6.54 Å². The van der Waals surface area contributed by atoms with Crippen molar-refractivity contribution in [3.05, 3.63) is 0 Å². The number of hydrogen-bond acceptors (Lipinski definition) is 3. The van der Waals surface area contributed by atoms with Crippen molar-refractivity contribution in [2.24, 2.45) is 5.73 Å². The van der Waals surface area contributed by atoms with Crippen molar-refractivity contribution in [3.8, 4) is 0 Å². The molecule has 1 atom stereocenters. The zero-order valence-electron chi connectivity index (χ0n) is 14.9. The predicted octanol–water partition coefficient (Wildman–Crippen LogP) is 2.35. The highest BCUT2D eigenvalue weighted by Gasteiger charge is 2.18. The summed E-state index contributed by atoms with van der Waals surface area (Å²) in [5.41, 5.74) is 5.15. The van der Waals surface area contributed by atoms with E-state index in [1.807, 2.05) is 0 Å². The van der Waals surface area contributed by atoms with Crippen molar-refractivity contribution in [3.63, 3.8) is 0 Å². The quantitative estimate of drug-likeness (QED) is 0.177. The molecule has 7 heteroatoms. The molecule has 0 spiro atoms. The monoisotopic (exact) mass is 342 g/mol. The second-order valence-corrected chi connectivity index (χ2v) is 6.17. The van der Waals surface area contributed by atoms with Gasteiger partial charge in [0.05, 0.1) is 0 Å². The third-order valence-electron chi connectivity index (χ3n) is 3.88. The van der Waals surface area contributed by atoms with E-state index in [0.29, 0.717) is 25.8 Å². The largest absolute Gasteiger partial charge is 0.480 e. The van der Waals surface area contributed by atoms with Gasteiger partial charge in [0.1, 0.15) is 6.04 Å². The first-order valence-corrected chi connectivity index (χ1v) is 9.07. The number of aliphatic carboxylic acids is 1. The van der Waals surface area contributed by atoms with Crippen LogP contribution in [0, 0.1) is 5.41 Å². The summed E-state index contributed by atoms with van der Waals surface area (Å²) < 4.78 is 0. The summed E-state index contributed by atoms with van der Waals surface area (Å²) in [6.45, 7) is 2.62. The molecule has 0 aliphatic carbocycles. The Morgan fingerprint density at radius 1 is 1.04 bits per heavy atom. The number of carboxylic acid groups (broad SMARTS) is 1. The van der Waals surface area contributed by atoms with Crippen LogP contribution in [-0.4, -0.2) is 35.5 Å². The molecule has 0 fully saturated rings. The van der Waals surface area contributed by atoms with Crippen molar-refractivity contribution < 1.29 is 14.7 Å². The van der Waals surface area contributed by atoms with Gasteiger partial charge in [-0.2, -0.15) is 0 Å². The van der Waals surface area contributed by atoms with E-state index in [1.165, 1.54) is 32.1 Å². The molecule has 140 valence electrons. The molecule has 1 unspecified atom stereocenters. The number of unbranched alkanes of at least 4 members (excludes halogenated alkanes) is 7. The van der Waals surface area contributed by atoms with E-state index in [0.717, 1.165) is 19.3 Å². The lowest BCUT2D eigenvalue weighted by atomic mass is 10.1. The molecular weight excluding hydrogens is 308 g/mol. The molecule has 0 radical (unpaired) electrons. The van der Waals surface area contributed by atoms with Gasteiger partial charge < -0.3 is 21.5 Å². The standard InChI is InChI=1S/C17H34N4O3/c1-2-3-4-5-6-7-8-9-12-15(22)21-14(16(23)24)11-10-13-20-17(18)19/h14H,2-13H2,1H3,(H,21,22)(H,23,24)(H4,18,19,20). The lowest BCUT2D eigenvalue weighted by Crippen LogP contribution is -2.41. The lowest BCUT2D eigenvalue weighted by molar-refractivity contribution is -0.142. The average molecular weight is 342 g/mol. The van der Waals surface area contributed by atoms with Crippen LogP contribution in [0.4, 0.5) is 0 Å². The molecule has 1 amide bonds. The number of nitrogens with one attached hydrogen (secondary N) is 3.